The van der Waals surface area contributed by atoms with Gasteiger partial charge in [-0.15, -0.1) is 0 Å². The van der Waals surface area contributed by atoms with E-state index in [0.29, 0.717) is 6.04 Å². The number of benzene rings is 4. The number of hydrogen-bond acceptors (Lipinski definition) is 1. The van der Waals surface area contributed by atoms with Crippen LogP contribution in [0, 0.1) is 0 Å². The van der Waals surface area contributed by atoms with E-state index in [2.05, 4.69) is 108 Å². The van der Waals surface area contributed by atoms with Crippen LogP contribution in [0.4, 0.5) is 5.69 Å². The van der Waals surface area contributed by atoms with Gasteiger partial charge in [0.05, 0.1) is 6.04 Å². The molecule has 1 heteroatoms. The van der Waals surface area contributed by atoms with Crippen molar-refractivity contribution in [1.82, 2.24) is 0 Å². The zero-order chi connectivity index (χ0) is 18.1. The maximum atomic E-state index is 3.69. The van der Waals surface area contributed by atoms with E-state index in [9.17, 15) is 0 Å². The molecule has 0 aromatic heterocycles. The molecule has 130 valence electrons. The summed E-state index contributed by atoms with van der Waals surface area (Å²) in [6, 6.07) is 37.2. The van der Waals surface area contributed by atoms with Crippen molar-refractivity contribution in [2.45, 2.75) is 12.5 Å². The summed E-state index contributed by atoms with van der Waals surface area (Å²) in [6.45, 7) is 0. The van der Waals surface area contributed by atoms with Gasteiger partial charge < -0.3 is 5.32 Å². The number of anilines is 1. The first-order chi connectivity index (χ1) is 13.4. The molecule has 5 rings (SSSR count). The Balaban J connectivity index is 1.38. The summed E-state index contributed by atoms with van der Waals surface area (Å²) in [5, 5.41) is 3.69. The molecule has 0 radical (unpaired) electrons. The molecule has 1 aliphatic rings. The van der Waals surface area contributed by atoms with Crippen molar-refractivity contribution in [2.24, 2.45) is 0 Å². The van der Waals surface area contributed by atoms with Gasteiger partial charge in [-0.05, 0) is 51.9 Å². The quantitative estimate of drug-likeness (QED) is 0.433. The van der Waals surface area contributed by atoms with Gasteiger partial charge in [0.25, 0.3) is 0 Å². The third-order valence-corrected chi connectivity index (χ3v) is 5.39. The Kier molecular flexibility index (Phi) is 3.99. The molecule has 1 heterocycles. The van der Waals surface area contributed by atoms with E-state index in [4.69, 9.17) is 0 Å². The second-order valence-corrected chi connectivity index (χ2v) is 7.13. The topological polar surface area (TPSA) is 12.0 Å². The maximum Gasteiger partial charge on any atom is 0.0555 e. The molecule has 0 spiro atoms. The highest BCUT2D eigenvalue weighted by Gasteiger charge is 2.22. The number of rotatable bonds is 3. The Morgan fingerprint density at radius 1 is 0.556 bits per heavy atom. The maximum absolute atomic E-state index is 3.69. The molecule has 4 aromatic carbocycles. The van der Waals surface area contributed by atoms with Crippen LogP contribution in [-0.2, 0) is 6.42 Å². The highest BCUT2D eigenvalue weighted by atomic mass is 14.9. The van der Waals surface area contributed by atoms with Crippen LogP contribution < -0.4 is 5.32 Å². The lowest BCUT2D eigenvalue weighted by Crippen LogP contribution is -2.05. The smallest absolute Gasteiger partial charge is 0.0555 e. The third kappa shape index (κ3) is 3.13. The Bertz CT molecular complexity index is 1050. The molecule has 1 N–H and O–H groups in total. The van der Waals surface area contributed by atoms with Crippen molar-refractivity contribution in [1.29, 1.82) is 0 Å². The van der Waals surface area contributed by atoms with E-state index >= 15 is 0 Å². The second kappa shape index (κ2) is 6.77. The molecule has 0 bridgehead atoms. The fourth-order valence-corrected chi connectivity index (χ4v) is 3.91. The van der Waals surface area contributed by atoms with Crippen molar-refractivity contribution in [2.75, 3.05) is 5.32 Å². The summed E-state index contributed by atoms with van der Waals surface area (Å²) in [4.78, 5) is 0. The fourth-order valence-electron chi connectivity index (χ4n) is 3.91. The lowest BCUT2D eigenvalue weighted by molar-refractivity contribution is 0.824. The van der Waals surface area contributed by atoms with Gasteiger partial charge in [0.15, 0.2) is 0 Å². The van der Waals surface area contributed by atoms with Gasteiger partial charge in [0.2, 0.25) is 0 Å². The van der Waals surface area contributed by atoms with E-state index in [-0.39, 0.29) is 0 Å². The Morgan fingerprint density at radius 3 is 1.78 bits per heavy atom. The second-order valence-electron chi connectivity index (χ2n) is 7.13. The summed E-state index contributed by atoms with van der Waals surface area (Å²) in [7, 11) is 0. The first kappa shape index (κ1) is 15.9. The van der Waals surface area contributed by atoms with E-state index in [1.807, 2.05) is 0 Å². The van der Waals surface area contributed by atoms with Gasteiger partial charge in [0.1, 0.15) is 0 Å². The zero-order valence-electron chi connectivity index (χ0n) is 15.1. The van der Waals surface area contributed by atoms with E-state index in [0.717, 1.165) is 6.42 Å². The van der Waals surface area contributed by atoms with Crippen molar-refractivity contribution >= 4 is 5.69 Å². The van der Waals surface area contributed by atoms with E-state index in [1.54, 1.807) is 0 Å². The van der Waals surface area contributed by atoms with Gasteiger partial charge in [-0.1, -0.05) is 91.0 Å². The van der Waals surface area contributed by atoms with Crippen LogP contribution in [0.3, 0.4) is 0 Å². The Hall–Kier alpha value is -3.32. The summed E-state index contributed by atoms with van der Waals surface area (Å²) in [5.41, 5.74) is 9.08. The molecule has 1 aliphatic heterocycles. The van der Waals surface area contributed by atoms with Crippen molar-refractivity contribution in [3.8, 4) is 22.3 Å². The van der Waals surface area contributed by atoms with Crippen LogP contribution in [0.15, 0.2) is 103 Å². The largest absolute Gasteiger partial charge is 0.378 e. The SMILES string of the molecule is c1ccc(-c2ccc(C3Cc4cc(-c5ccccc5)ccc4N3)cc2)cc1. The number of hydrogen-bond donors (Lipinski definition) is 1. The third-order valence-electron chi connectivity index (χ3n) is 5.39. The number of fused-ring (bicyclic) bond motifs is 1. The predicted octanol–water partition coefficient (Wildman–Crippen LogP) is 6.73. The van der Waals surface area contributed by atoms with E-state index in [1.165, 1.54) is 39.1 Å². The van der Waals surface area contributed by atoms with Crippen LogP contribution in [0.2, 0.25) is 0 Å². The molecule has 27 heavy (non-hydrogen) atoms. The van der Waals surface area contributed by atoms with Crippen LogP contribution in [0.5, 0.6) is 0 Å². The molecule has 0 aliphatic carbocycles. The van der Waals surface area contributed by atoms with Gasteiger partial charge in [-0.3, -0.25) is 0 Å². The Morgan fingerprint density at radius 2 is 1.11 bits per heavy atom. The minimum absolute atomic E-state index is 0.343. The highest BCUT2D eigenvalue weighted by molar-refractivity contribution is 5.71. The summed E-state index contributed by atoms with van der Waals surface area (Å²) in [6.07, 6.45) is 1.03. The minimum Gasteiger partial charge on any atom is -0.378 e. The average molecular weight is 347 g/mol. The molecule has 0 fully saturated rings. The molecule has 0 amide bonds. The van der Waals surface area contributed by atoms with Gasteiger partial charge in [-0.2, -0.15) is 0 Å². The van der Waals surface area contributed by atoms with Crippen molar-refractivity contribution < 1.29 is 0 Å². The van der Waals surface area contributed by atoms with Gasteiger partial charge in [0, 0.05) is 5.69 Å². The van der Waals surface area contributed by atoms with Crippen LogP contribution in [0.25, 0.3) is 22.3 Å². The first-order valence-corrected chi connectivity index (χ1v) is 9.47. The standard InChI is InChI=1S/C26H21N/c1-3-7-19(8-4-1)21-11-13-22(14-12-21)26-18-24-17-23(15-16-25(24)27-26)20-9-5-2-6-10-20/h1-17,26-27H,18H2. The minimum atomic E-state index is 0.343. The molecule has 4 aromatic rings. The molecule has 0 saturated heterocycles. The lowest BCUT2D eigenvalue weighted by atomic mass is 9.97. The van der Waals surface area contributed by atoms with Crippen LogP contribution in [0.1, 0.15) is 17.2 Å². The van der Waals surface area contributed by atoms with Crippen molar-refractivity contribution in [3.05, 3.63) is 114 Å². The first-order valence-electron chi connectivity index (χ1n) is 9.47. The Labute approximate surface area is 160 Å². The molecule has 1 atom stereocenters. The fraction of sp³-hybridized carbons (Fsp3) is 0.0769. The predicted molar refractivity (Wildman–Crippen MR) is 114 cm³/mol. The van der Waals surface area contributed by atoms with Gasteiger partial charge in [-0.25, -0.2) is 0 Å². The molecular weight excluding hydrogens is 326 g/mol. The lowest BCUT2D eigenvalue weighted by Gasteiger charge is -2.12. The normalized spacial score (nSPS) is 15.2. The summed E-state index contributed by atoms with van der Waals surface area (Å²) >= 11 is 0. The molecular formula is C26H21N. The average Bonchev–Trinajstić information content (AvgIpc) is 3.18. The van der Waals surface area contributed by atoms with Gasteiger partial charge >= 0.3 is 0 Å². The van der Waals surface area contributed by atoms with Crippen LogP contribution in [-0.4, -0.2) is 0 Å². The number of nitrogens with one attached hydrogen (secondary N) is 1. The highest BCUT2D eigenvalue weighted by Crippen LogP contribution is 2.37. The van der Waals surface area contributed by atoms with Crippen molar-refractivity contribution in [3.63, 3.8) is 0 Å². The molecule has 1 unspecified atom stereocenters. The zero-order valence-corrected chi connectivity index (χ0v) is 15.1. The van der Waals surface area contributed by atoms with Crippen LogP contribution >= 0.6 is 0 Å². The summed E-state index contributed by atoms with van der Waals surface area (Å²) in [5.74, 6) is 0. The monoisotopic (exact) mass is 347 g/mol. The summed E-state index contributed by atoms with van der Waals surface area (Å²) < 4.78 is 0. The van der Waals surface area contributed by atoms with E-state index < -0.39 is 0 Å². The molecule has 1 nitrogen and oxygen atoms in total. The molecule has 0 saturated carbocycles.